The number of nitrogens with one attached hydrogen (secondary N) is 2. The van der Waals surface area contributed by atoms with E-state index in [0.717, 1.165) is 47.4 Å². The lowest BCUT2D eigenvalue weighted by molar-refractivity contribution is -0.117. The van der Waals surface area contributed by atoms with E-state index in [4.69, 9.17) is 5.73 Å². The summed E-state index contributed by atoms with van der Waals surface area (Å²) in [5.41, 5.74) is 11.5. The third-order valence-electron chi connectivity index (χ3n) is 7.04. The number of benzene rings is 3. The number of carbonyl (C=O) groups excluding carboxylic acids is 1. The number of nitrogens with two attached hydrogens (primary N) is 1. The Morgan fingerprint density at radius 1 is 0.921 bits per heavy atom. The van der Waals surface area contributed by atoms with Crippen LogP contribution in [0, 0.1) is 0 Å². The van der Waals surface area contributed by atoms with Gasteiger partial charge in [0.2, 0.25) is 5.91 Å². The average Bonchev–Trinajstić information content (AvgIpc) is 3.54. The molecule has 194 valence electrons. The zero-order valence-corrected chi connectivity index (χ0v) is 21.7. The maximum atomic E-state index is 11.8. The molecule has 7 heteroatoms. The number of aromatic nitrogens is 4. The van der Waals surface area contributed by atoms with Gasteiger partial charge in [0.15, 0.2) is 5.82 Å². The zero-order valence-electron chi connectivity index (χ0n) is 21.7. The number of aromatic amines is 1. The first-order valence-electron chi connectivity index (χ1n) is 13.2. The van der Waals surface area contributed by atoms with Crippen molar-refractivity contribution in [3.63, 3.8) is 0 Å². The van der Waals surface area contributed by atoms with E-state index >= 15 is 0 Å². The van der Waals surface area contributed by atoms with E-state index in [1.54, 1.807) is 0 Å². The first-order chi connectivity index (χ1) is 18.6. The Labute approximate surface area is 223 Å². The van der Waals surface area contributed by atoms with Crippen molar-refractivity contribution in [3.05, 3.63) is 119 Å². The molecule has 0 radical (unpaired) electrons. The summed E-state index contributed by atoms with van der Waals surface area (Å²) in [5.74, 6) is 1.33. The van der Waals surface area contributed by atoms with Crippen LogP contribution >= 0.6 is 0 Å². The first-order valence-corrected chi connectivity index (χ1v) is 13.2. The first kappa shape index (κ1) is 25.4. The van der Waals surface area contributed by atoms with Gasteiger partial charge in [0.25, 0.3) is 0 Å². The van der Waals surface area contributed by atoms with Gasteiger partial charge in [0.05, 0.1) is 19.1 Å². The summed E-state index contributed by atoms with van der Waals surface area (Å²) in [6.07, 6.45) is 5.31. The van der Waals surface area contributed by atoms with Gasteiger partial charge in [-0.15, -0.1) is 10.2 Å². The molecule has 5 aromatic rings. The van der Waals surface area contributed by atoms with Gasteiger partial charge < -0.3 is 15.3 Å². The van der Waals surface area contributed by atoms with Crippen molar-refractivity contribution >= 4 is 16.8 Å². The molecule has 38 heavy (non-hydrogen) atoms. The second-order valence-corrected chi connectivity index (χ2v) is 9.68. The van der Waals surface area contributed by atoms with Gasteiger partial charge in [-0.25, -0.2) is 0 Å². The molecule has 0 unspecified atom stereocenters. The Balaban J connectivity index is 1.49. The van der Waals surface area contributed by atoms with E-state index in [-0.39, 0.29) is 12.6 Å². The minimum absolute atomic E-state index is 0.0599. The molecule has 0 saturated heterocycles. The summed E-state index contributed by atoms with van der Waals surface area (Å²) in [6.45, 7) is 2.87. The molecule has 0 aliphatic carbocycles. The number of amides is 1. The molecule has 3 aromatic carbocycles. The van der Waals surface area contributed by atoms with Crippen molar-refractivity contribution < 1.29 is 4.79 Å². The lowest BCUT2D eigenvalue weighted by atomic mass is 10.0. The SMILES string of the molecule is CCc1ccc(Cn2c(CCc3ccccc3)nnc2[C@@H](Cc2c[nH]c3ccccc23)NCC(N)=O)cc1. The molecule has 1 atom stereocenters. The number of fused-ring (bicyclic) bond motifs is 1. The van der Waals surface area contributed by atoms with Gasteiger partial charge in [0.1, 0.15) is 5.82 Å². The van der Waals surface area contributed by atoms with Gasteiger partial charge in [-0.1, -0.05) is 79.7 Å². The number of aryl methyl sites for hydroxylation is 3. The van der Waals surface area contributed by atoms with Crippen LogP contribution in [0.5, 0.6) is 0 Å². The Kier molecular flexibility index (Phi) is 7.95. The second-order valence-electron chi connectivity index (χ2n) is 9.68. The highest BCUT2D eigenvalue weighted by molar-refractivity contribution is 5.83. The molecule has 4 N–H and O–H groups in total. The highest BCUT2D eigenvalue weighted by Crippen LogP contribution is 2.25. The van der Waals surface area contributed by atoms with Crippen molar-refractivity contribution in [1.29, 1.82) is 0 Å². The molecule has 2 aromatic heterocycles. The average molecular weight is 507 g/mol. The number of H-pyrrole nitrogens is 1. The van der Waals surface area contributed by atoms with Crippen molar-refractivity contribution in [3.8, 4) is 0 Å². The fraction of sp³-hybridized carbons (Fsp3) is 0.258. The van der Waals surface area contributed by atoms with Crippen LogP contribution in [0.25, 0.3) is 10.9 Å². The number of rotatable bonds is 12. The summed E-state index contributed by atoms with van der Waals surface area (Å²) in [6, 6.07) is 27.1. The summed E-state index contributed by atoms with van der Waals surface area (Å²) in [5, 5.41) is 13.8. The second kappa shape index (κ2) is 11.9. The quantitative estimate of drug-likeness (QED) is 0.232. The highest BCUT2D eigenvalue weighted by Gasteiger charge is 2.23. The summed E-state index contributed by atoms with van der Waals surface area (Å²) >= 11 is 0. The molecule has 0 aliphatic heterocycles. The van der Waals surface area contributed by atoms with Crippen LogP contribution < -0.4 is 11.1 Å². The molecule has 2 heterocycles. The van der Waals surface area contributed by atoms with Crippen LogP contribution in [-0.4, -0.2) is 32.2 Å². The molecule has 0 bridgehead atoms. The number of nitrogens with zero attached hydrogens (tertiary/aromatic N) is 3. The summed E-state index contributed by atoms with van der Waals surface area (Å²) < 4.78 is 2.21. The van der Waals surface area contributed by atoms with Crippen LogP contribution in [0.3, 0.4) is 0 Å². The maximum Gasteiger partial charge on any atom is 0.231 e. The molecule has 0 spiro atoms. The topological polar surface area (TPSA) is 102 Å². The van der Waals surface area contributed by atoms with Gasteiger partial charge >= 0.3 is 0 Å². The van der Waals surface area contributed by atoms with E-state index in [2.05, 4.69) is 92.7 Å². The standard InChI is InChI=1S/C31H34N6O/c1-2-22-12-14-24(15-13-22)21-37-30(17-16-23-8-4-3-5-9-23)35-36-31(37)28(34-20-29(32)38)18-25-19-33-27-11-7-6-10-26(25)27/h3-15,19,28,33-34H,2,16-18,20-21H2,1H3,(H2,32,38)/t28-/m1/s1. The van der Waals surface area contributed by atoms with Crippen LogP contribution in [0.4, 0.5) is 0 Å². The van der Waals surface area contributed by atoms with E-state index in [1.807, 2.05) is 24.4 Å². The lowest BCUT2D eigenvalue weighted by Gasteiger charge is -2.20. The minimum Gasteiger partial charge on any atom is -0.369 e. The van der Waals surface area contributed by atoms with Crippen LogP contribution in [-0.2, 0) is 37.0 Å². The largest absolute Gasteiger partial charge is 0.369 e. The predicted molar refractivity (Wildman–Crippen MR) is 151 cm³/mol. The molecular weight excluding hydrogens is 472 g/mol. The molecule has 5 rings (SSSR count). The number of hydrogen-bond donors (Lipinski definition) is 3. The monoisotopic (exact) mass is 506 g/mol. The van der Waals surface area contributed by atoms with Crippen LogP contribution in [0.15, 0.2) is 85.1 Å². The van der Waals surface area contributed by atoms with Gasteiger partial charge in [-0.3, -0.25) is 10.1 Å². The maximum absolute atomic E-state index is 11.8. The van der Waals surface area contributed by atoms with E-state index in [0.29, 0.717) is 13.0 Å². The smallest absolute Gasteiger partial charge is 0.231 e. The predicted octanol–water partition coefficient (Wildman–Crippen LogP) is 4.51. The fourth-order valence-corrected chi connectivity index (χ4v) is 4.93. The molecule has 1 amide bonds. The normalized spacial score (nSPS) is 12.1. The van der Waals surface area contributed by atoms with Gasteiger partial charge in [0, 0.05) is 23.5 Å². The third kappa shape index (κ3) is 6.01. The van der Waals surface area contributed by atoms with Gasteiger partial charge in [-0.2, -0.15) is 0 Å². The fourth-order valence-electron chi connectivity index (χ4n) is 4.93. The Morgan fingerprint density at radius 3 is 2.42 bits per heavy atom. The van der Waals surface area contributed by atoms with E-state index in [9.17, 15) is 4.79 Å². The number of primary amides is 1. The van der Waals surface area contributed by atoms with Crippen molar-refractivity contribution in [1.82, 2.24) is 25.1 Å². The number of hydrogen-bond acceptors (Lipinski definition) is 4. The van der Waals surface area contributed by atoms with Gasteiger partial charge in [-0.05, 0) is 47.6 Å². The minimum atomic E-state index is -0.403. The molecule has 0 fully saturated rings. The van der Waals surface area contributed by atoms with Crippen molar-refractivity contribution in [2.24, 2.45) is 5.73 Å². The van der Waals surface area contributed by atoms with Crippen molar-refractivity contribution in [2.45, 2.75) is 45.2 Å². The summed E-state index contributed by atoms with van der Waals surface area (Å²) in [7, 11) is 0. The van der Waals surface area contributed by atoms with Crippen LogP contribution in [0.1, 0.15) is 46.9 Å². The Hall–Kier alpha value is -4.23. The number of para-hydroxylation sites is 1. The zero-order chi connectivity index (χ0) is 26.3. The van der Waals surface area contributed by atoms with E-state index < -0.39 is 5.91 Å². The lowest BCUT2D eigenvalue weighted by Crippen LogP contribution is -2.34. The van der Waals surface area contributed by atoms with Crippen LogP contribution in [0.2, 0.25) is 0 Å². The highest BCUT2D eigenvalue weighted by atomic mass is 16.1. The molecule has 7 nitrogen and oxygen atoms in total. The number of carbonyl (C=O) groups is 1. The Morgan fingerprint density at radius 2 is 1.66 bits per heavy atom. The Bertz CT molecular complexity index is 1490. The molecule has 0 saturated carbocycles. The summed E-state index contributed by atoms with van der Waals surface area (Å²) in [4.78, 5) is 15.1. The molecular formula is C31H34N6O. The van der Waals surface area contributed by atoms with Crippen molar-refractivity contribution in [2.75, 3.05) is 6.54 Å². The third-order valence-corrected chi connectivity index (χ3v) is 7.04. The van der Waals surface area contributed by atoms with E-state index in [1.165, 1.54) is 16.7 Å². The molecule has 0 aliphatic rings.